The van der Waals surface area contributed by atoms with E-state index >= 15 is 0 Å². The summed E-state index contributed by atoms with van der Waals surface area (Å²) >= 11 is 0. The van der Waals surface area contributed by atoms with Crippen molar-refractivity contribution in [2.45, 2.75) is 32.2 Å². The van der Waals surface area contributed by atoms with Crippen molar-refractivity contribution in [3.05, 3.63) is 0 Å². The van der Waals surface area contributed by atoms with Crippen LogP contribution in [0.4, 0.5) is 0 Å². The number of nitrogens with two attached hydrogens (primary N) is 1. The minimum absolute atomic E-state index is 0.141. The Bertz CT molecular complexity index is 237. The molecule has 1 saturated heterocycles. The highest BCUT2D eigenvalue weighted by atomic mass is 16.2. The number of nitrogens with one attached hydrogen (secondary N) is 1. The van der Waals surface area contributed by atoms with Gasteiger partial charge in [0.05, 0.1) is 0 Å². The highest BCUT2D eigenvalue weighted by Gasteiger charge is 2.26. The molecule has 0 saturated carbocycles. The first kappa shape index (κ1) is 12.0. The van der Waals surface area contributed by atoms with Gasteiger partial charge in [-0.05, 0) is 19.4 Å². The minimum Gasteiger partial charge on any atom is -0.369 e. The molecule has 1 unspecified atom stereocenters. The Morgan fingerprint density at radius 3 is 2.73 bits per heavy atom. The van der Waals surface area contributed by atoms with Gasteiger partial charge in [0.1, 0.15) is 6.42 Å². The number of hydrogen-bond acceptors (Lipinski definition) is 3. The van der Waals surface area contributed by atoms with Gasteiger partial charge in [-0.25, -0.2) is 0 Å². The molecule has 2 amide bonds. The summed E-state index contributed by atoms with van der Waals surface area (Å²) in [6, 6.07) is 0.233. The Labute approximate surface area is 90.0 Å². The van der Waals surface area contributed by atoms with Crippen molar-refractivity contribution in [2.24, 2.45) is 5.73 Å². The summed E-state index contributed by atoms with van der Waals surface area (Å²) in [4.78, 5) is 24.2. The average Bonchev–Trinajstić information content (AvgIpc) is 2.65. The van der Waals surface area contributed by atoms with E-state index in [1.807, 2.05) is 6.92 Å². The number of primary amides is 1. The summed E-state index contributed by atoms with van der Waals surface area (Å²) in [5.41, 5.74) is 5.02. The average molecular weight is 213 g/mol. The van der Waals surface area contributed by atoms with Gasteiger partial charge in [-0.3, -0.25) is 9.59 Å². The molecule has 0 aliphatic carbocycles. The number of amides is 2. The third-order valence-corrected chi connectivity index (χ3v) is 2.59. The van der Waals surface area contributed by atoms with E-state index in [1.54, 1.807) is 4.90 Å². The zero-order valence-corrected chi connectivity index (χ0v) is 9.16. The van der Waals surface area contributed by atoms with Crippen molar-refractivity contribution in [1.29, 1.82) is 0 Å². The van der Waals surface area contributed by atoms with Gasteiger partial charge in [-0.1, -0.05) is 6.92 Å². The van der Waals surface area contributed by atoms with E-state index < -0.39 is 5.91 Å². The van der Waals surface area contributed by atoms with Crippen molar-refractivity contribution >= 4 is 11.8 Å². The Balaban J connectivity index is 2.55. The van der Waals surface area contributed by atoms with Crippen LogP contribution in [0, 0.1) is 0 Å². The van der Waals surface area contributed by atoms with E-state index in [-0.39, 0.29) is 18.4 Å². The highest BCUT2D eigenvalue weighted by molar-refractivity contribution is 5.96. The number of hydrogen-bond donors (Lipinski definition) is 2. The molecule has 15 heavy (non-hydrogen) atoms. The molecule has 3 N–H and O–H groups in total. The number of carbonyl (C=O) groups is 2. The molecular weight excluding hydrogens is 194 g/mol. The van der Waals surface area contributed by atoms with Crippen molar-refractivity contribution in [3.63, 3.8) is 0 Å². The van der Waals surface area contributed by atoms with Crippen molar-refractivity contribution in [2.75, 3.05) is 19.6 Å². The molecule has 1 aliphatic heterocycles. The molecule has 0 radical (unpaired) electrons. The Kier molecular flexibility index (Phi) is 4.55. The summed E-state index contributed by atoms with van der Waals surface area (Å²) in [7, 11) is 0. The van der Waals surface area contributed by atoms with Crippen LogP contribution in [0.15, 0.2) is 0 Å². The normalized spacial score (nSPS) is 20.2. The topological polar surface area (TPSA) is 75.4 Å². The van der Waals surface area contributed by atoms with Gasteiger partial charge in [-0.15, -0.1) is 0 Å². The predicted octanol–water partition coefficient (Wildman–Crippen LogP) is -0.538. The van der Waals surface area contributed by atoms with E-state index in [4.69, 9.17) is 5.73 Å². The van der Waals surface area contributed by atoms with E-state index in [0.29, 0.717) is 6.54 Å². The molecule has 0 aromatic heterocycles. The lowest BCUT2D eigenvalue weighted by Gasteiger charge is -2.27. The largest absolute Gasteiger partial charge is 0.369 e. The summed E-state index contributed by atoms with van der Waals surface area (Å²) in [5, 5.41) is 3.21. The Morgan fingerprint density at radius 2 is 2.27 bits per heavy atom. The van der Waals surface area contributed by atoms with E-state index in [1.165, 1.54) is 0 Å². The molecule has 1 heterocycles. The molecule has 0 aromatic rings. The number of carbonyl (C=O) groups excluding carboxylic acids is 2. The monoisotopic (exact) mass is 213 g/mol. The fourth-order valence-corrected chi connectivity index (χ4v) is 1.91. The van der Waals surface area contributed by atoms with E-state index in [2.05, 4.69) is 5.32 Å². The molecule has 0 bridgehead atoms. The minimum atomic E-state index is -0.549. The van der Waals surface area contributed by atoms with E-state index in [9.17, 15) is 9.59 Å². The van der Waals surface area contributed by atoms with Crippen LogP contribution in [0.2, 0.25) is 0 Å². The van der Waals surface area contributed by atoms with Crippen LogP contribution in [-0.2, 0) is 9.59 Å². The smallest absolute Gasteiger partial charge is 0.232 e. The van der Waals surface area contributed by atoms with Gasteiger partial charge in [0.15, 0.2) is 0 Å². The fraction of sp³-hybridized carbons (Fsp3) is 0.800. The third kappa shape index (κ3) is 3.51. The Hall–Kier alpha value is -1.10. The molecule has 5 nitrogen and oxygen atoms in total. The second-order valence-corrected chi connectivity index (χ2v) is 3.88. The van der Waals surface area contributed by atoms with Crippen LogP contribution in [0.3, 0.4) is 0 Å². The van der Waals surface area contributed by atoms with Crippen LogP contribution < -0.4 is 11.1 Å². The molecule has 1 fully saturated rings. The molecule has 5 heteroatoms. The maximum atomic E-state index is 11.7. The summed E-state index contributed by atoms with van der Waals surface area (Å²) < 4.78 is 0. The molecule has 0 aromatic carbocycles. The second kappa shape index (κ2) is 5.70. The zero-order chi connectivity index (χ0) is 11.3. The molecule has 86 valence electrons. The van der Waals surface area contributed by atoms with Crippen molar-refractivity contribution in [3.8, 4) is 0 Å². The Morgan fingerprint density at radius 1 is 1.53 bits per heavy atom. The van der Waals surface area contributed by atoms with Gasteiger partial charge in [0.2, 0.25) is 11.8 Å². The molecule has 1 aliphatic rings. The first-order chi connectivity index (χ1) is 7.15. The standard InChI is InChI=1S/C10H19N3O2/c1-2-5-13(8-3-4-12-7-8)10(15)6-9(11)14/h8,12H,2-7H2,1H3,(H2,11,14). The van der Waals surface area contributed by atoms with Crippen LogP contribution >= 0.6 is 0 Å². The molecule has 1 atom stereocenters. The predicted molar refractivity (Wildman–Crippen MR) is 57.1 cm³/mol. The first-order valence-corrected chi connectivity index (χ1v) is 5.43. The summed E-state index contributed by atoms with van der Waals surface area (Å²) in [6.45, 7) is 4.49. The molecule has 0 spiro atoms. The maximum absolute atomic E-state index is 11.7. The quantitative estimate of drug-likeness (QED) is 0.602. The third-order valence-electron chi connectivity index (χ3n) is 2.59. The van der Waals surface area contributed by atoms with Gasteiger partial charge < -0.3 is 16.0 Å². The van der Waals surface area contributed by atoms with Crippen LogP contribution in [0.5, 0.6) is 0 Å². The van der Waals surface area contributed by atoms with Crippen molar-refractivity contribution in [1.82, 2.24) is 10.2 Å². The number of nitrogens with zero attached hydrogens (tertiary/aromatic N) is 1. The lowest BCUT2D eigenvalue weighted by molar-refractivity contribution is -0.136. The maximum Gasteiger partial charge on any atom is 0.232 e. The molecular formula is C10H19N3O2. The first-order valence-electron chi connectivity index (χ1n) is 5.43. The fourth-order valence-electron chi connectivity index (χ4n) is 1.91. The van der Waals surface area contributed by atoms with Crippen LogP contribution in [-0.4, -0.2) is 42.4 Å². The zero-order valence-electron chi connectivity index (χ0n) is 9.16. The van der Waals surface area contributed by atoms with Crippen LogP contribution in [0.25, 0.3) is 0 Å². The lowest BCUT2D eigenvalue weighted by atomic mass is 10.2. The second-order valence-electron chi connectivity index (χ2n) is 3.88. The molecule has 1 rings (SSSR count). The summed E-state index contributed by atoms with van der Waals surface area (Å²) in [5.74, 6) is -0.690. The van der Waals surface area contributed by atoms with E-state index in [0.717, 1.165) is 25.9 Å². The van der Waals surface area contributed by atoms with Crippen LogP contribution in [0.1, 0.15) is 26.2 Å². The van der Waals surface area contributed by atoms with Gasteiger partial charge >= 0.3 is 0 Å². The summed E-state index contributed by atoms with van der Waals surface area (Å²) in [6.07, 6.45) is 1.70. The van der Waals surface area contributed by atoms with Gasteiger partial charge in [-0.2, -0.15) is 0 Å². The van der Waals surface area contributed by atoms with Gasteiger partial charge in [0.25, 0.3) is 0 Å². The van der Waals surface area contributed by atoms with Crippen molar-refractivity contribution < 1.29 is 9.59 Å². The number of rotatable bonds is 5. The SMILES string of the molecule is CCCN(C(=O)CC(N)=O)C1CCNC1. The lowest BCUT2D eigenvalue weighted by Crippen LogP contribution is -2.43. The highest BCUT2D eigenvalue weighted by Crippen LogP contribution is 2.10. The van der Waals surface area contributed by atoms with Gasteiger partial charge in [0, 0.05) is 19.1 Å².